The molecule has 96 valence electrons. The first-order valence-corrected chi connectivity index (χ1v) is 5.72. The van der Waals surface area contributed by atoms with Crippen LogP contribution >= 0.6 is 0 Å². The van der Waals surface area contributed by atoms with E-state index in [1.807, 2.05) is 0 Å². The highest BCUT2D eigenvalue weighted by Crippen LogP contribution is 2.17. The number of amides is 1. The Morgan fingerprint density at radius 1 is 1.39 bits per heavy atom. The van der Waals surface area contributed by atoms with Crippen LogP contribution in [0.4, 0.5) is 8.78 Å². The molecule has 0 bridgehead atoms. The van der Waals surface area contributed by atoms with E-state index in [2.05, 4.69) is 5.32 Å². The fourth-order valence-corrected chi connectivity index (χ4v) is 1.91. The summed E-state index contributed by atoms with van der Waals surface area (Å²) >= 11 is 0. The summed E-state index contributed by atoms with van der Waals surface area (Å²) in [5, 5.41) is 2.58. The smallest absolute Gasteiger partial charge is 0.227 e. The quantitative estimate of drug-likeness (QED) is 0.801. The van der Waals surface area contributed by atoms with Crippen molar-refractivity contribution in [3.63, 3.8) is 0 Å². The summed E-state index contributed by atoms with van der Waals surface area (Å²) in [5.41, 5.74) is 5.77. The average Bonchev–Trinajstić information content (AvgIpc) is 2.77. The second-order valence-corrected chi connectivity index (χ2v) is 4.34. The molecule has 0 aromatic heterocycles. The summed E-state index contributed by atoms with van der Waals surface area (Å²) in [5.74, 6) is -1.56. The van der Waals surface area contributed by atoms with Gasteiger partial charge in [0.15, 0.2) is 0 Å². The van der Waals surface area contributed by atoms with Gasteiger partial charge in [0.05, 0.1) is 5.92 Å². The molecule has 0 saturated carbocycles. The SMILES string of the molecule is NC1C=CC(C(=O)NCc2cc(F)ccc2F)C1. The van der Waals surface area contributed by atoms with E-state index in [9.17, 15) is 13.6 Å². The zero-order valence-corrected chi connectivity index (χ0v) is 9.70. The highest BCUT2D eigenvalue weighted by Gasteiger charge is 2.22. The van der Waals surface area contributed by atoms with Crippen molar-refractivity contribution in [1.82, 2.24) is 5.32 Å². The van der Waals surface area contributed by atoms with Crippen molar-refractivity contribution in [2.75, 3.05) is 0 Å². The number of nitrogens with one attached hydrogen (secondary N) is 1. The van der Waals surface area contributed by atoms with Gasteiger partial charge in [-0.15, -0.1) is 0 Å². The summed E-state index contributed by atoms with van der Waals surface area (Å²) in [6.07, 6.45) is 4.06. The molecule has 3 nitrogen and oxygen atoms in total. The van der Waals surface area contributed by atoms with E-state index in [0.717, 1.165) is 18.2 Å². The van der Waals surface area contributed by atoms with Crippen molar-refractivity contribution < 1.29 is 13.6 Å². The monoisotopic (exact) mass is 252 g/mol. The molecule has 0 fully saturated rings. The van der Waals surface area contributed by atoms with E-state index in [1.165, 1.54) is 0 Å². The average molecular weight is 252 g/mol. The van der Waals surface area contributed by atoms with E-state index >= 15 is 0 Å². The van der Waals surface area contributed by atoms with Gasteiger partial charge in [-0.25, -0.2) is 8.78 Å². The first-order chi connectivity index (χ1) is 8.56. The topological polar surface area (TPSA) is 55.1 Å². The third kappa shape index (κ3) is 2.92. The van der Waals surface area contributed by atoms with E-state index in [4.69, 9.17) is 5.73 Å². The Labute approximate surface area is 104 Å². The Morgan fingerprint density at radius 3 is 2.83 bits per heavy atom. The Hall–Kier alpha value is -1.75. The Bertz CT molecular complexity index is 488. The normalized spacial score (nSPS) is 22.2. The van der Waals surface area contributed by atoms with Crippen LogP contribution in [0.15, 0.2) is 30.4 Å². The standard InChI is InChI=1S/C13H14F2N2O/c14-10-2-4-12(15)9(5-10)7-17-13(18)8-1-3-11(16)6-8/h1-5,8,11H,6-7,16H2,(H,17,18). The maximum atomic E-state index is 13.3. The van der Waals surface area contributed by atoms with E-state index < -0.39 is 11.6 Å². The summed E-state index contributed by atoms with van der Waals surface area (Å²) in [6.45, 7) is -0.0258. The first-order valence-electron chi connectivity index (χ1n) is 5.72. The highest BCUT2D eigenvalue weighted by molar-refractivity contribution is 5.81. The van der Waals surface area contributed by atoms with Crippen LogP contribution in [-0.2, 0) is 11.3 Å². The number of nitrogens with two attached hydrogens (primary N) is 1. The summed E-state index contributed by atoms with van der Waals surface area (Å²) < 4.78 is 26.2. The fraction of sp³-hybridized carbons (Fsp3) is 0.308. The minimum Gasteiger partial charge on any atom is -0.351 e. The lowest BCUT2D eigenvalue weighted by Crippen LogP contribution is -2.30. The van der Waals surface area contributed by atoms with Gasteiger partial charge in [-0.3, -0.25) is 4.79 Å². The number of benzene rings is 1. The molecule has 0 radical (unpaired) electrons. The van der Waals surface area contributed by atoms with Gasteiger partial charge in [0, 0.05) is 18.2 Å². The molecule has 18 heavy (non-hydrogen) atoms. The van der Waals surface area contributed by atoms with Gasteiger partial charge < -0.3 is 11.1 Å². The van der Waals surface area contributed by atoms with E-state index in [0.29, 0.717) is 6.42 Å². The molecule has 2 unspecified atom stereocenters. The lowest BCUT2D eigenvalue weighted by atomic mass is 10.1. The molecular weight excluding hydrogens is 238 g/mol. The summed E-state index contributed by atoms with van der Waals surface area (Å²) in [7, 11) is 0. The second-order valence-electron chi connectivity index (χ2n) is 4.34. The minimum atomic E-state index is -0.532. The number of halogens is 2. The predicted octanol–water partition coefficient (Wildman–Crippen LogP) is 1.48. The first kappa shape index (κ1) is 12.7. The van der Waals surface area contributed by atoms with Crippen molar-refractivity contribution in [2.24, 2.45) is 11.7 Å². The number of hydrogen-bond donors (Lipinski definition) is 2. The Balaban J connectivity index is 1.93. The Kier molecular flexibility index (Phi) is 3.72. The van der Waals surface area contributed by atoms with Crippen molar-refractivity contribution in [1.29, 1.82) is 0 Å². The van der Waals surface area contributed by atoms with Gasteiger partial charge >= 0.3 is 0 Å². The van der Waals surface area contributed by atoms with Crippen LogP contribution in [0.2, 0.25) is 0 Å². The number of carbonyl (C=O) groups excluding carboxylic acids is 1. The van der Waals surface area contributed by atoms with Crippen molar-refractivity contribution in [2.45, 2.75) is 19.0 Å². The third-order valence-corrected chi connectivity index (χ3v) is 2.91. The molecule has 0 aliphatic heterocycles. The van der Waals surface area contributed by atoms with Crippen molar-refractivity contribution in [3.8, 4) is 0 Å². The van der Waals surface area contributed by atoms with Gasteiger partial charge in [0.2, 0.25) is 5.91 Å². The van der Waals surface area contributed by atoms with Gasteiger partial charge in [0.25, 0.3) is 0 Å². The number of hydrogen-bond acceptors (Lipinski definition) is 2. The largest absolute Gasteiger partial charge is 0.351 e. The molecule has 1 aromatic rings. The molecular formula is C13H14F2N2O. The predicted molar refractivity (Wildman–Crippen MR) is 63.4 cm³/mol. The molecule has 1 aliphatic carbocycles. The number of carbonyl (C=O) groups is 1. The lowest BCUT2D eigenvalue weighted by molar-refractivity contribution is -0.123. The molecule has 3 N–H and O–H groups in total. The van der Waals surface area contributed by atoms with Crippen LogP contribution < -0.4 is 11.1 Å². The van der Waals surface area contributed by atoms with Crippen LogP contribution in [-0.4, -0.2) is 11.9 Å². The fourth-order valence-electron chi connectivity index (χ4n) is 1.91. The second kappa shape index (κ2) is 5.27. The molecule has 2 atom stereocenters. The highest BCUT2D eigenvalue weighted by atomic mass is 19.1. The van der Waals surface area contributed by atoms with Crippen LogP contribution in [0.25, 0.3) is 0 Å². The van der Waals surface area contributed by atoms with Gasteiger partial charge in [-0.1, -0.05) is 12.2 Å². The molecule has 1 aromatic carbocycles. The third-order valence-electron chi connectivity index (χ3n) is 2.91. The minimum absolute atomic E-state index is 0.0258. The van der Waals surface area contributed by atoms with Crippen LogP contribution in [0.1, 0.15) is 12.0 Å². The van der Waals surface area contributed by atoms with Crippen LogP contribution in [0, 0.1) is 17.6 Å². The maximum Gasteiger partial charge on any atom is 0.227 e. The van der Waals surface area contributed by atoms with Gasteiger partial charge in [-0.05, 0) is 24.6 Å². The van der Waals surface area contributed by atoms with E-state index in [-0.39, 0.29) is 30.0 Å². The van der Waals surface area contributed by atoms with Crippen LogP contribution in [0.3, 0.4) is 0 Å². The molecule has 1 aliphatic rings. The molecule has 1 amide bonds. The van der Waals surface area contributed by atoms with Gasteiger partial charge in [0.1, 0.15) is 11.6 Å². The van der Waals surface area contributed by atoms with E-state index in [1.54, 1.807) is 12.2 Å². The number of rotatable bonds is 3. The molecule has 2 rings (SSSR count). The molecule has 5 heteroatoms. The lowest BCUT2D eigenvalue weighted by Gasteiger charge is -2.11. The van der Waals surface area contributed by atoms with Crippen LogP contribution in [0.5, 0.6) is 0 Å². The summed E-state index contributed by atoms with van der Waals surface area (Å²) in [4.78, 5) is 11.7. The summed E-state index contributed by atoms with van der Waals surface area (Å²) in [6, 6.07) is 3.06. The van der Waals surface area contributed by atoms with Crippen molar-refractivity contribution in [3.05, 3.63) is 47.5 Å². The molecule has 0 saturated heterocycles. The van der Waals surface area contributed by atoms with Crippen molar-refractivity contribution >= 4 is 5.91 Å². The Morgan fingerprint density at radius 2 is 2.17 bits per heavy atom. The molecule has 0 spiro atoms. The maximum absolute atomic E-state index is 13.3. The zero-order valence-electron chi connectivity index (χ0n) is 9.70. The van der Waals surface area contributed by atoms with Gasteiger partial charge in [-0.2, -0.15) is 0 Å². The zero-order chi connectivity index (χ0) is 13.1. The molecule has 0 heterocycles.